The van der Waals surface area contributed by atoms with Crippen LogP contribution in [0.3, 0.4) is 0 Å². The van der Waals surface area contributed by atoms with Crippen LogP contribution in [-0.2, 0) is 0 Å². The van der Waals surface area contributed by atoms with Gasteiger partial charge in [0, 0.05) is 4.90 Å². The van der Waals surface area contributed by atoms with Crippen LogP contribution in [0.4, 0.5) is 13.2 Å². The first-order valence-corrected chi connectivity index (χ1v) is 5.06. The molecule has 1 aromatic carbocycles. The second kappa shape index (κ2) is 4.26. The maximum absolute atomic E-state index is 12.0. The monoisotopic (exact) mass is 220 g/mol. The van der Waals surface area contributed by atoms with Crippen molar-refractivity contribution >= 4 is 11.8 Å². The van der Waals surface area contributed by atoms with E-state index in [0.29, 0.717) is 5.92 Å². The van der Waals surface area contributed by atoms with Crippen molar-refractivity contribution in [3.63, 3.8) is 0 Å². The molecule has 0 bridgehead atoms. The van der Waals surface area contributed by atoms with Gasteiger partial charge in [-0.3, -0.25) is 0 Å². The Morgan fingerprint density at radius 2 is 1.57 bits per heavy atom. The zero-order chi connectivity index (χ0) is 10.8. The van der Waals surface area contributed by atoms with Gasteiger partial charge in [0.25, 0.3) is 0 Å². The van der Waals surface area contributed by atoms with Gasteiger partial charge in [-0.15, -0.1) is 0 Å². The Kier molecular flexibility index (Phi) is 3.48. The van der Waals surface area contributed by atoms with Crippen LogP contribution in [0, 0.1) is 0 Å². The molecule has 0 saturated heterocycles. The number of hydrogen-bond donors (Lipinski definition) is 0. The fourth-order valence-electron chi connectivity index (χ4n) is 1.05. The molecule has 0 aromatic heterocycles. The average Bonchev–Trinajstić information content (AvgIpc) is 2.02. The van der Waals surface area contributed by atoms with E-state index in [0.717, 1.165) is 5.56 Å². The Morgan fingerprint density at radius 1 is 1.07 bits per heavy atom. The summed E-state index contributed by atoms with van der Waals surface area (Å²) in [6, 6.07) is 6.48. The summed E-state index contributed by atoms with van der Waals surface area (Å²) >= 11 is -0.0788. The summed E-state index contributed by atoms with van der Waals surface area (Å²) in [6.07, 6.45) is 0. The molecule has 1 rings (SSSR count). The summed E-state index contributed by atoms with van der Waals surface area (Å²) < 4.78 is 35.9. The van der Waals surface area contributed by atoms with Gasteiger partial charge in [0.1, 0.15) is 0 Å². The topological polar surface area (TPSA) is 0 Å². The zero-order valence-corrected chi connectivity index (χ0v) is 8.75. The van der Waals surface area contributed by atoms with Crippen molar-refractivity contribution in [1.82, 2.24) is 0 Å². The van der Waals surface area contributed by atoms with Gasteiger partial charge in [0.05, 0.1) is 0 Å². The lowest BCUT2D eigenvalue weighted by Crippen LogP contribution is -1.99. The van der Waals surface area contributed by atoms with Gasteiger partial charge < -0.3 is 0 Å². The first kappa shape index (κ1) is 11.4. The van der Waals surface area contributed by atoms with E-state index in [1.54, 1.807) is 12.1 Å². The van der Waals surface area contributed by atoms with Gasteiger partial charge in [-0.2, -0.15) is 13.2 Å². The van der Waals surface area contributed by atoms with E-state index in [1.165, 1.54) is 12.1 Å². The Labute approximate surface area is 85.5 Å². The molecule has 0 fully saturated rings. The number of alkyl halides is 3. The van der Waals surface area contributed by atoms with E-state index in [1.807, 2.05) is 13.8 Å². The van der Waals surface area contributed by atoms with E-state index in [9.17, 15) is 13.2 Å². The molecule has 0 atom stereocenters. The van der Waals surface area contributed by atoms with Crippen molar-refractivity contribution in [2.75, 3.05) is 0 Å². The number of hydrogen-bond acceptors (Lipinski definition) is 1. The molecule has 0 aliphatic heterocycles. The van der Waals surface area contributed by atoms with Gasteiger partial charge in [0.2, 0.25) is 0 Å². The van der Waals surface area contributed by atoms with Crippen LogP contribution in [0.2, 0.25) is 0 Å². The van der Waals surface area contributed by atoms with Crippen molar-refractivity contribution in [1.29, 1.82) is 0 Å². The van der Waals surface area contributed by atoms with E-state index >= 15 is 0 Å². The largest absolute Gasteiger partial charge is 0.446 e. The SMILES string of the molecule is CC(C)c1ccc(SC(F)(F)F)cc1. The lowest BCUT2D eigenvalue weighted by molar-refractivity contribution is -0.0328. The molecule has 0 heterocycles. The standard InChI is InChI=1S/C10H11F3S/c1-7(2)8-3-5-9(6-4-8)14-10(11,12)13/h3-7H,1-2H3. The lowest BCUT2D eigenvalue weighted by atomic mass is 10.0. The normalized spacial score (nSPS) is 12.1. The number of thioether (sulfide) groups is 1. The van der Waals surface area contributed by atoms with Gasteiger partial charge in [-0.05, 0) is 35.4 Å². The van der Waals surface area contributed by atoms with Crippen LogP contribution in [0.15, 0.2) is 29.2 Å². The Morgan fingerprint density at radius 3 is 1.93 bits per heavy atom. The highest BCUT2D eigenvalue weighted by molar-refractivity contribution is 8.00. The molecule has 0 aliphatic rings. The maximum atomic E-state index is 12.0. The second-order valence-corrected chi connectivity index (χ2v) is 4.41. The first-order valence-electron chi connectivity index (χ1n) is 4.24. The first-order chi connectivity index (χ1) is 6.38. The minimum atomic E-state index is -4.20. The molecular weight excluding hydrogens is 209 g/mol. The van der Waals surface area contributed by atoms with Crippen LogP contribution < -0.4 is 0 Å². The molecule has 1 aromatic rings. The molecule has 0 N–H and O–H groups in total. The highest BCUT2D eigenvalue weighted by atomic mass is 32.2. The van der Waals surface area contributed by atoms with E-state index in [-0.39, 0.29) is 16.7 Å². The Balaban J connectivity index is 2.74. The highest BCUT2D eigenvalue weighted by Crippen LogP contribution is 2.36. The fraction of sp³-hybridized carbons (Fsp3) is 0.400. The van der Waals surface area contributed by atoms with Crippen molar-refractivity contribution < 1.29 is 13.2 Å². The van der Waals surface area contributed by atoms with Crippen LogP contribution in [0.25, 0.3) is 0 Å². The summed E-state index contributed by atoms with van der Waals surface area (Å²) in [5.74, 6) is 0.347. The molecule has 0 aliphatic carbocycles. The molecule has 0 unspecified atom stereocenters. The summed E-state index contributed by atoms with van der Waals surface area (Å²) in [5, 5.41) is 0. The summed E-state index contributed by atoms with van der Waals surface area (Å²) in [4.78, 5) is 0.238. The van der Waals surface area contributed by atoms with E-state index in [2.05, 4.69) is 0 Å². The van der Waals surface area contributed by atoms with Crippen molar-refractivity contribution in [2.24, 2.45) is 0 Å². The average molecular weight is 220 g/mol. The Bertz CT molecular complexity index is 287. The predicted molar refractivity (Wildman–Crippen MR) is 52.4 cm³/mol. The van der Waals surface area contributed by atoms with Crippen molar-refractivity contribution in [2.45, 2.75) is 30.2 Å². The quantitative estimate of drug-likeness (QED) is 0.665. The second-order valence-electron chi connectivity index (χ2n) is 3.27. The van der Waals surface area contributed by atoms with E-state index in [4.69, 9.17) is 0 Å². The van der Waals surface area contributed by atoms with Gasteiger partial charge in [-0.25, -0.2) is 0 Å². The molecule has 0 nitrogen and oxygen atoms in total. The zero-order valence-electron chi connectivity index (χ0n) is 7.93. The summed E-state index contributed by atoms with van der Waals surface area (Å²) in [5.41, 5.74) is -3.14. The molecule has 0 amide bonds. The predicted octanol–water partition coefficient (Wildman–Crippen LogP) is 4.42. The lowest BCUT2D eigenvalue weighted by Gasteiger charge is -2.08. The van der Waals surface area contributed by atoms with Gasteiger partial charge in [-0.1, -0.05) is 26.0 Å². The van der Waals surface area contributed by atoms with Crippen LogP contribution in [0.5, 0.6) is 0 Å². The number of benzene rings is 1. The number of rotatable bonds is 2. The summed E-state index contributed by atoms with van der Waals surface area (Å²) in [6.45, 7) is 4.01. The third kappa shape index (κ3) is 3.62. The minimum Gasteiger partial charge on any atom is -0.160 e. The maximum Gasteiger partial charge on any atom is 0.446 e. The fourth-order valence-corrected chi connectivity index (χ4v) is 1.59. The smallest absolute Gasteiger partial charge is 0.160 e. The third-order valence-electron chi connectivity index (χ3n) is 1.78. The third-order valence-corrected chi connectivity index (χ3v) is 2.52. The minimum absolute atomic E-state index is 0.0788. The van der Waals surface area contributed by atoms with Crippen LogP contribution in [-0.4, -0.2) is 5.51 Å². The molecule has 0 saturated carbocycles. The number of halogens is 3. The van der Waals surface area contributed by atoms with Crippen LogP contribution in [0.1, 0.15) is 25.3 Å². The molecule has 14 heavy (non-hydrogen) atoms. The van der Waals surface area contributed by atoms with Gasteiger partial charge >= 0.3 is 5.51 Å². The molecular formula is C10H11F3S. The molecule has 4 heteroatoms. The van der Waals surface area contributed by atoms with E-state index < -0.39 is 5.51 Å². The van der Waals surface area contributed by atoms with Crippen molar-refractivity contribution in [3.8, 4) is 0 Å². The Hall–Kier alpha value is -0.640. The van der Waals surface area contributed by atoms with Gasteiger partial charge in [0.15, 0.2) is 0 Å². The summed E-state index contributed by atoms with van der Waals surface area (Å²) in [7, 11) is 0. The van der Waals surface area contributed by atoms with Crippen LogP contribution >= 0.6 is 11.8 Å². The highest BCUT2D eigenvalue weighted by Gasteiger charge is 2.28. The molecule has 0 spiro atoms. The molecule has 78 valence electrons. The molecule has 0 radical (unpaired) electrons. The van der Waals surface area contributed by atoms with Crippen molar-refractivity contribution in [3.05, 3.63) is 29.8 Å².